The number of aryl methyl sites for hydroxylation is 2. The van der Waals surface area contributed by atoms with Gasteiger partial charge in [0.1, 0.15) is 11.8 Å². The SMILES string of the molecule is CCc1ccc(C(=O)N2CCC3(CC2)OC[C@H](C(=O)NCc2ccncc2)N3C(=O)c2cccc(C)c2)cc1. The van der Waals surface area contributed by atoms with Gasteiger partial charge in [-0.3, -0.25) is 24.3 Å². The molecule has 0 aliphatic carbocycles. The van der Waals surface area contributed by atoms with Gasteiger partial charge in [-0.2, -0.15) is 0 Å². The van der Waals surface area contributed by atoms with Gasteiger partial charge in [0.2, 0.25) is 5.91 Å². The maximum Gasteiger partial charge on any atom is 0.256 e. The van der Waals surface area contributed by atoms with Crippen molar-refractivity contribution in [2.45, 2.75) is 51.4 Å². The number of benzene rings is 2. The third-order valence-electron chi connectivity index (χ3n) is 7.70. The number of amides is 3. The number of ether oxygens (including phenoxy) is 1. The van der Waals surface area contributed by atoms with Crippen LogP contribution in [0.1, 0.15) is 57.2 Å². The zero-order chi connectivity index (χ0) is 27.4. The molecule has 2 aliphatic heterocycles. The van der Waals surface area contributed by atoms with Gasteiger partial charge in [0.25, 0.3) is 11.8 Å². The Hall–Kier alpha value is -4.04. The number of likely N-dealkylation sites (tertiary alicyclic amines) is 1. The summed E-state index contributed by atoms with van der Waals surface area (Å²) in [5.74, 6) is -0.539. The van der Waals surface area contributed by atoms with Crippen molar-refractivity contribution in [1.29, 1.82) is 0 Å². The third-order valence-corrected chi connectivity index (χ3v) is 7.70. The molecule has 1 aromatic heterocycles. The molecule has 2 aromatic carbocycles. The molecule has 3 aromatic rings. The fourth-order valence-electron chi connectivity index (χ4n) is 5.42. The summed E-state index contributed by atoms with van der Waals surface area (Å²) < 4.78 is 6.31. The van der Waals surface area contributed by atoms with Crippen LogP contribution in [-0.2, 0) is 22.5 Å². The second-order valence-electron chi connectivity index (χ2n) is 10.2. The summed E-state index contributed by atoms with van der Waals surface area (Å²) in [4.78, 5) is 48.0. The van der Waals surface area contributed by atoms with Crippen molar-refractivity contribution in [2.75, 3.05) is 19.7 Å². The van der Waals surface area contributed by atoms with Crippen molar-refractivity contribution in [3.8, 4) is 0 Å². The number of nitrogens with one attached hydrogen (secondary N) is 1. The highest BCUT2D eigenvalue weighted by atomic mass is 16.5. The maximum atomic E-state index is 13.9. The van der Waals surface area contributed by atoms with Gasteiger partial charge in [0.15, 0.2) is 0 Å². The number of hydrogen-bond donors (Lipinski definition) is 1. The summed E-state index contributed by atoms with van der Waals surface area (Å²) >= 11 is 0. The fourth-order valence-corrected chi connectivity index (χ4v) is 5.42. The first-order valence-electron chi connectivity index (χ1n) is 13.5. The van der Waals surface area contributed by atoms with Gasteiger partial charge in [0.05, 0.1) is 6.61 Å². The summed E-state index contributed by atoms with van der Waals surface area (Å²) in [6.45, 7) is 5.30. The Bertz CT molecular complexity index is 1330. The van der Waals surface area contributed by atoms with Gasteiger partial charge in [-0.15, -0.1) is 0 Å². The predicted molar refractivity (Wildman–Crippen MR) is 147 cm³/mol. The molecule has 0 unspecified atom stereocenters. The topological polar surface area (TPSA) is 91.8 Å². The van der Waals surface area contributed by atoms with Crippen LogP contribution in [0.5, 0.6) is 0 Å². The second-order valence-corrected chi connectivity index (χ2v) is 10.2. The number of rotatable bonds is 6. The molecule has 202 valence electrons. The molecule has 0 saturated carbocycles. The molecule has 1 N–H and O–H groups in total. The van der Waals surface area contributed by atoms with E-state index in [1.165, 1.54) is 5.56 Å². The van der Waals surface area contributed by atoms with E-state index in [0.717, 1.165) is 17.5 Å². The smallest absolute Gasteiger partial charge is 0.256 e. The number of carbonyl (C=O) groups excluding carboxylic acids is 3. The first kappa shape index (κ1) is 26.6. The van der Waals surface area contributed by atoms with Crippen molar-refractivity contribution in [3.05, 3.63) is 101 Å². The molecule has 2 saturated heterocycles. The molecular formula is C31H34N4O4. The molecule has 1 spiro atoms. The van der Waals surface area contributed by atoms with Crippen LogP contribution in [0.4, 0.5) is 0 Å². The van der Waals surface area contributed by atoms with E-state index in [1.54, 1.807) is 23.4 Å². The lowest BCUT2D eigenvalue weighted by molar-refractivity contribution is -0.128. The summed E-state index contributed by atoms with van der Waals surface area (Å²) in [5.41, 5.74) is 3.27. The Morgan fingerprint density at radius 2 is 1.67 bits per heavy atom. The van der Waals surface area contributed by atoms with Gasteiger partial charge in [-0.05, 0) is 60.9 Å². The van der Waals surface area contributed by atoms with Crippen molar-refractivity contribution < 1.29 is 19.1 Å². The Labute approximate surface area is 229 Å². The molecule has 2 fully saturated rings. The number of hydrogen-bond acceptors (Lipinski definition) is 5. The molecule has 5 rings (SSSR count). The van der Waals surface area contributed by atoms with E-state index < -0.39 is 11.8 Å². The summed E-state index contributed by atoms with van der Waals surface area (Å²) in [6.07, 6.45) is 5.13. The minimum Gasteiger partial charge on any atom is -0.353 e. The van der Waals surface area contributed by atoms with Crippen LogP contribution < -0.4 is 5.32 Å². The average Bonchev–Trinajstić information content (AvgIpc) is 3.34. The first-order chi connectivity index (χ1) is 18.9. The normalized spacial score (nSPS) is 18.3. The maximum absolute atomic E-state index is 13.9. The Balaban J connectivity index is 1.35. The largest absolute Gasteiger partial charge is 0.353 e. The Kier molecular flexibility index (Phi) is 7.74. The predicted octanol–water partition coefficient (Wildman–Crippen LogP) is 3.74. The molecule has 1 atom stereocenters. The zero-order valence-corrected chi connectivity index (χ0v) is 22.4. The Morgan fingerprint density at radius 3 is 2.33 bits per heavy atom. The van der Waals surface area contributed by atoms with Gasteiger partial charge < -0.3 is 15.0 Å². The summed E-state index contributed by atoms with van der Waals surface area (Å²) in [6, 6.07) is 18.0. The monoisotopic (exact) mass is 526 g/mol. The van der Waals surface area contributed by atoms with E-state index in [2.05, 4.69) is 17.2 Å². The fraction of sp³-hybridized carbons (Fsp3) is 0.355. The van der Waals surface area contributed by atoms with Crippen molar-refractivity contribution in [2.24, 2.45) is 0 Å². The van der Waals surface area contributed by atoms with Crippen LogP contribution in [0.2, 0.25) is 0 Å². The highest BCUT2D eigenvalue weighted by molar-refractivity contribution is 5.99. The van der Waals surface area contributed by atoms with Crippen LogP contribution >= 0.6 is 0 Å². The molecular weight excluding hydrogens is 492 g/mol. The lowest BCUT2D eigenvalue weighted by Crippen LogP contribution is -2.59. The van der Waals surface area contributed by atoms with Crippen LogP contribution in [-0.4, -0.2) is 64.0 Å². The lowest BCUT2D eigenvalue weighted by atomic mass is 9.95. The number of nitrogens with zero attached hydrogens (tertiary/aromatic N) is 3. The molecule has 39 heavy (non-hydrogen) atoms. The second kappa shape index (κ2) is 11.4. The number of piperidine rings is 1. The van der Waals surface area contributed by atoms with Gasteiger partial charge in [-0.25, -0.2) is 0 Å². The molecule has 8 nitrogen and oxygen atoms in total. The van der Waals surface area contributed by atoms with E-state index in [1.807, 2.05) is 66.4 Å². The summed E-state index contributed by atoms with van der Waals surface area (Å²) in [5, 5.41) is 2.96. The summed E-state index contributed by atoms with van der Waals surface area (Å²) in [7, 11) is 0. The van der Waals surface area contributed by atoms with E-state index in [4.69, 9.17) is 4.74 Å². The quantitative estimate of drug-likeness (QED) is 0.528. The molecule has 2 aliphatic rings. The highest BCUT2D eigenvalue weighted by Gasteiger charge is 2.54. The van der Waals surface area contributed by atoms with E-state index in [9.17, 15) is 14.4 Å². The number of aromatic nitrogens is 1. The van der Waals surface area contributed by atoms with E-state index >= 15 is 0 Å². The van der Waals surface area contributed by atoms with Crippen LogP contribution in [0.15, 0.2) is 73.1 Å². The highest BCUT2D eigenvalue weighted by Crippen LogP contribution is 2.39. The molecule has 0 radical (unpaired) electrons. The molecule has 8 heteroatoms. The zero-order valence-electron chi connectivity index (χ0n) is 22.4. The van der Waals surface area contributed by atoms with Gasteiger partial charge >= 0.3 is 0 Å². The average molecular weight is 527 g/mol. The number of pyridine rings is 1. The van der Waals surface area contributed by atoms with Crippen LogP contribution in [0, 0.1) is 6.92 Å². The van der Waals surface area contributed by atoms with E-state index in [-0.39, 0.29) is 24.3 Å². The lowest BCUT2D eigenvalue weighted by Gasteiger charge is -2.44. The van der Waals surface area contributed by atoms with Gasteiger partial charge in [-0.1, -0.05) is 36.8 Å². The molecule has 0 bridgehead atoms. The first-order valence-corrected chi connectivity index (χ1v) is 13.5. The van der Waals surface area contributed by atoms with Crippen molar-refractivity contribution in [3.63, 3.8) is 0 Å². The minimum absolute atomic E-state index is 0.0336. The third kappa shape index (κ3) is 5.56. The van der Waals surface area contributed by atoms with Gasteiger partial charge in [0, 0.05) is 56.0 Å². The van der Waals surface area contributed by atoms with Crippen molar-refractivity contribution in [1.82, 2.24) is 20.1 Å². The standard InChI is InChI=1S/C31H34N4O4/c1-3-23-7-9-25(10-8-23)29(37)34-17-13-31(14-18-34)35(30(38)26-6-4-5-22(2)19-26)27(21-39-31)28(36)33-20-24-11-15-32-16-12-24/h4-12,15-16,19,27H,3,13-14,17-18,20-21H2,1-2H3,(H,33,36)/t27-/m1/s1. The molecule has 3 amide bonds. The molecule has 3 heterocycles. The van der Waals surface area contributed by atoms with Crippen LogP contribution in [0.3, 0.4) is 0 Å². The van der Waals surface area contributed by atoms with E-state index in [0.29, 0.717) is 43.6 Å². The van der Waals surface area contributed by atoms with Crippen LogP contribution in [0.25, 0.3) is 0 Å². The Morgan fingerprint density at radius 1 is 0.949 bits per heavy atom. The number of carbonyl (C=O) groups is 3. The van der Waals surface area contributed by atoms with Crippen molar-refractivity contribution >= 4 is 17.7 Å². The minimum atomic E-state index is -0.956.